The van der Waals surface area contributed by atoms with E-state index in [0.717, 1.165) is 6.54 Å². The summed E-state index contributed by atoms with van der Waals surface area (Å²) >= 11 is 1.94. The van der Waals surface area contributed by atoms with E-state index in [0.29, 0.717) is 0 Å². The zero-order valence-corrected chi connectivity index (χ0v) is 7.40. The highest BCUT2D eigenvalue weighted by molar-refractivity contribution is 7.99. The monoisotopic (exact) mass is 174 g/mol. The molecule has 12 heavy (non-hydrogen) atoms. The normalized spacial score (nSPS) is 15.3. The van der Waals surface area contributed by atoms with Crippen molar-refractivity contribution in [3.05, 3.63) is 30.5 Å². The van der Waals surface area contributed by atoms with Gasteiger partial charge in [0.05, 0.1) is 5.52 Å². The molecule has 0 spiro atoms. The lowest BCUT2D eigenvalue weighted by molar-refractivity contribution is 0.791. The summed E-state index contributed by atoms with van der Waals surface area (Å²) in [5, 5.41) is 1.25. The van der Waals surface area contributed by atoms with E-state index in [2.05, 4.69) is 35.0 Å². The molecule has 3 rings (SSSR count). The molecule has 1 aromatic heterocycles. The van der Waals surface area contributed by atoms with Crippen LogP contribution in [0.3, 0.4) is 0 Å². The highest BCUT2D eigenvalue weighted by atomic mass is 32.2. The van der Waals surface area contributed by atoms with Gasteiger partial charge in [0.1, 0.15) is 0 Å². The molecule has 1 aliphatic heterocycles. The smallest absolute Gasteiger partial charge is 0.0625 e. The van der Waals surface area contributed by atoms with Gasteiger partial charge in [-0.15, -0.1) is 11.8 Å². The van der Waals surface area contributed by atoms with E-state index >= 15 is 0 Å². The van der Waals surface area contributed by atoms with Crippen LogP contribution in [0.2, 0.25) is 0 Å². The second-order valence-corrected chi connectivity index (χ2v) is 4.10. The van der Waals surface area contributed by atoms with Gasteiger partial charge < -0.3 is 4.57 Å². The van der Waals surface area contributed by atoms with Gasteiger partial charge in [-0.3, -0.25) is 0 Å². The van der Waals surface area contributed by atoms with E-state index in [1.807, 2.05) is 11.8 Å². The highest BCUT2D eigenvalue weighted by Gasteiger charge is 2.11. The van der Waals surface area contributed by atoms with Crippen molar-refractivity contribution in [2.75, 3.05) is 5.75 Å². The Morgan fingerprint density at radius 3 is 3.42 bits per heavy atom. The maximum Gasteiger partial charge on any atom is 0.0625 e. The molecule has 0 saturated carbocycles. The summed E-state index contributed by atoms with van der Waals surface area (Å²) in [5.74, 6) is 1.19. The van der Waals surface area contributed by atoms with E-state index in [-0.39, 0.29) is 0 Å². The lowest BCUT2D eigenvalue weighted by Gasteiger charge is -2.14. The molecule has 0 amide bonds. The average Bonchev–Trinajstić information content (AvgIpc) is 2.52. The fraction of sp³-hybridized carbons (Fsp3) is 0.200. The lowest BCUT2D eigenvalue weighted by atomic mass is 10.2. The molecule has 1 radical (unpaired) electrons. The van der Waals surface area contributed by atoms with Crippen molar-refractivity contribution in [1.82, 2.24) is 4.57 Å². The van der Waals surface area contributed by atoms with Crippen LogP contribution in [-0.4, -0.2) is 10.3 Å². The van der Waals surface area contributed by atoms with Gasteiger partial charge >= 0.3 is 0 Å². The largest absolute Gasteiger partial charge is 0.345 e. The summed E-state index contributed by atoms with van der Waals surface area (Å²) in [4.78, 5) is 1.40. The number of hydrogen-bond donors (Lipinski definition) is 0. The minimum atomic E-state index is 1.13. The Balaban J connectivity index is 2.50. The number of nitrogens with zero attached hydrogens (tertiary/aromatic N) is 1. The van der Waals surface area contributed by atoms with E-state index in [1.54, 1.807) is 0 Å². The van der Waals surface area contributed by atoms with Gasteiger partial charge in [-0.1, -0.05) is 12.1 Å². The molecule has 0 aliphatic carbocycles. The van der Waals surface area contributed by atoms with Crippen LogP contribution in [0.15, 0.2) is 29.3 Å². The zero-order chi connectivity index (χ0) is 7.97. The molecule has 0 atom stereocenters. The molecule has 2 heterocycles. The van der Waals surface area contributed by atoms with Crippen molar-refractivity contribution in [2.45, 2.75) is 11.4 Å². The van der Waals surface area contributed by atoms with Crippen molar-refractivity contribution in [3.63, 3.8) is 0 Å². The van der Waals surface area contributed by atoms with Gasteiger partial charge in [0, 0.05) is 34.8 Å². The van der Waals surface area contributed by atoms with Crippen LogP contribution in [0.5, 0.6) is 0 Å². The Morgan fingerprint density at radius 1 is 1.42 bits per heavy atom. The van der Waals surface area contributed by atoms with Gasteiger partial charge in [0.2, 0.25) is 0 Å². The minimum Gasteiger partial charge on any atom is -0.345 e. The van der Waals surface area contributed by atoms with Crippen LogP contribution in [0.25, 0.3) is 10.9 Å². The first-order valence-corrected chi connectivity index (χ1v) is 5.06. The first-order chi connectivity index (χ1) is 5.95. The molecule has 0 saturated heterocycles. The number of thioether (sulfide) groups is 1. The highest BCUT2D eigenvalue weighted by Crippen LogP contribution is 2.32. The Morgan fingerprint density at radius 2 is 2.42 bits per heavy atom. The van der Waals surface area contributed by atoms with E-state index in [4.69, 9.17) is 0 Å². The fourth-order valence-electron chi connectivity index (χ4n) is 1.69. The molecule has 1 nitrogen and oxygen atoms in total. The molecular formula is C10H8NS. The van der Waals surface area contributed by atoms with E-state index < -0.39 is 0 Å². The summed E-state index contributed by atoms with van der Waals surface area (Å²) < 4.78 is 2.29. The molecule has 0 bridgehead atoms. The molecule has 2 heteroatoms. The summed E-state index contributed by atoms with van der Waals surface area (Å²) in [6.45, 7) is 1.13. The van der Waals surface area contributed by atoms with Crippen LogP contribution >= 0.6 is 11.8 Å². The number of aromatic nitrogens is 1. The maximum absolute atomic E-state index is 3.27. The van der Waals surface area contributed by atoms with Gasteiger partial charge in [0.15, 0.2) is 0 Å². The number of rotatable bonds is 0. The van der Waals surface area contributed by atoms with Gasteiger partial charge in [0.25, 0.3) is 0 Å². The summed E-state index contributed by atoms with van der Waals surface area (Å²) in [6.07, 6.45) is 2.06. The molecule has 59 valence electrons. The van der Waals surface area contributed by atoms with Crippen LogP contribution in [0, 0.1) is 6.07 Å². The molecule has 1 aliphatic rings. The minimum absolute atomic E-state index is 1.13. The summed E-state index contributed by atoms with van der Waals surface area (Å²) in [5.41, 5.74) is 1.37. The quantitative estimate of drug-likeness (QED) is 0.594. The second kappa shape index (κ2) is 2.30. The Kier molecular flexibility index (Phi) is 1.27. The average molecular weight is 174 g/mol. The van der Waals surface area contributed by atoms with Crippen molar-refractivity contribution < 1.29 is 0 Å². The molecule has 0 unspecified atom stereocenters. The van der Waals surface area contributed by atoms with Gasteiger partial charge in [-0.25, -0.2) is 0 Å². The maximum atomic E-state index is 3.27. The summed E-state index contributed by atoms with van der Waals surface area (Å²) in [6, 6.07) is 9.69. The molecule has 2 aromatic rings. The lowest BCUT2D eigenvalue weighted by Crippen LogP contribution is -2.03. The topological polar surface area (TPSA) is 4.93 Å². The van der Waals surface area contributed by atoms with Crippen molar-refractivity contribution >= 4 is 22.7 Å². The van der Waals surface area contributed by atoms with Crippen molar-refractivity contribution in [2.24, 2.45) is 0 Å². The predicted molar refractivity (Wildman–Crippen MR) is 51.5 cm³/mol. The third kappa shape index (κ3) is 0.758. The van der Waals surface area contributed by atoms with Crippen LogP contribution in [-0.2, 0) is 6.54 Å². The molecular weight excluding hydrogens is 166 g/mol. The van der Waals surface area contributed by atoms with Crippen LogP contribution in [0.4, 0.5) is 0 Å². The van der Waals surface area contributed by atoms with Gasteiger partial charge in [-0.05, 0) is 6.07 Å². The molecule has 1 aromatic carbocycles. The van der Waals surface area contributed by atoms with Gasteiger partial charge in [-0.2, -0.15) is 0 Å². The SMILES string of the molecule is [c]1cn2c3c(cccc13)SCC2. The molecule has 0 fully saturated rings. The fourth-order valence-corrected chi connectivity index (χ4v) is 2.74. The first kappa shape index (κ1) is 6.61. The Bertz CT molecular complexity index is 430. The predicted octanol–water partition coefficient (Wildman–Crippen LogP) is 2.55. The first-order valence-electron chi connectivity index (χ1n) is 4.07. The molecule has 0 N–H and O–H groups in total. The summed E-state index contributed by atoms with van der Waals surface area (Å²) in [7, 11) is 0. The third-order valence-corrected chi connectivity index (χ3v) is 3.28. The van der Waals surface area contributed by atoms with E-state index in [9.17, 15) is 0 Å². The second-order valence-electron chi connectivity index (χ2n) is 2.97. The standard InChI is InChI=1S/C10H8NS/c1-2-8-4-5-11-6-7-12-9(3-1)10(8)11/h1-3,5H,6-7H2. The Hall–Kier alpha value is -0.890. The zero-order valence-electron chi connectivity index (χ0n) is 6.58. The number of hydrogen-bond acceptors (Lipinski definition) is 1. The third-order valence-electron chi connectivity index (χ3n) is 2.25. The Labute approximate surface area is 75.4 Å². The number of benzene rings is 1. The van der Waals surface area contributed by atoms with Crippen molar-refractivity contribution in [3.8, 4) is 0 Å². The number of para-hydroxylation sites is 1. The van der Waals surface area contributed by atoms with E-state index in [1.165, 1.54) is 21.6 Å². The van der Waals surface area contributed by atoms with Crippen LogP contribution < -0.4 is 0 Å². The van der Waals surface area contributed by atoms with Crippen molar-refractivity contribution in [1.29, 1.82) is 0 Å². The number of aryl methyl sites for hydroxylation is 1. The van der Waals surface area contributed by atoms with Crippen LogP contribution in [0.1, 0.15) is 0 Å².